The summed E-state index contributed by atoms with van der Waals surface area (Å²) >= 11 is 0. The molecule has 6 nitrogen and oxygen atoms in total. The number of anilines is 2. The van der Waals surface area contributed by atoms with E-state index in [0.717, 1.165) is 28.0 Å². The van der Waals surface area contributed by atoms with Gasteiger partial charge in [0.25, 0.3) is 0 Å². The second-order valence-electron chi connectivity index (χ2n) is 5.88. The highest BCUT2D eigenvalue weighted by molar-refractivity contribution is 5.92. The molecule has 0 aliphatic heterocycles. The van der Waals surface area contributed by atoms with Gasteiger partial charge in [-0.25, -0.2) is 9.97 Å². The largest absolute Gasteiger partial charge is 0.493 e. The Bertz CT molecular complexity index is 911. The molecule has 0 unspecified atom stereocenters. The van der Waals surface area contributed by atoms with Crippen LogP contribution in [-0.4, -0.2) is 24.2 Å². The quantitative estimate of drug-likeness (QED) is 0.690. The number of aryl methyl sites for hydroxylation is 1. The fourth-order valence-electron chi connectivity index (χ4n) is 2.80. The summed E-state index contributed by atoms with van der Waals surface area (Å²) in [6.07, 6.45) is 0. The van der Waals surface area contributed by atoms with Crippen LogP contribution in [-0.2, 0) is 0 Å². The topological polar surface area (TPSA) is 82.3 Å². The number of fused-ring (bicyclic) bond motifs is 1. The van der Waals surface area contributed by atoms with E-state index >= 15 is 0 Å². The summed E-state index contributed by atoms with van der Waals surface area (Å²) in [4.78, 5) is 9.08. The molecule has 0 radical (unpaired) electrons. The second-order valence-corrected chi connectivity index (χ2v) is 5.88. The van der Waals surface area contributed by atoms with Crippen LogP contribution in [0.25, 0.3) is 10.9 Å². The normalized spacial score (nSPS) is 12.0. The fourth-order valence-corrected chi connectivity index (χ4v) is 2.80. The Kier molecular flexibility index (Phi) is 4.61. The van der Waals surface area contributed by atoms with Crippen molar-refractivity contribution in [2.24, 2.45) is 0 Å². The van der Waals surface area contributed by atoms with Crippen molar-refractivity contribution in [3.8, 4) is 11.5 Å². The van der Waals surface area contributed by atoms with Gasteiger partial charge in [0.2, 0.25) is 0 Å². The number of benzene rings is 2. The van der Waals surface area contributed by atoms with Gasteiger partial charge in [0.15, 0.2) is 11.5 Å². The standard InChI is InChI=1S/C19H22N4O2/c1-11(13-6-5-7-14(20)8-13)21-19-15-9-17(24-3)18(25-4)10-16(15)22-12(2)23-19/h5-11H,20H2,1-4H3,(H,21,22,23)/t11-/m1/s1. The third-order valence-corrected chi connectivity index (χ3v) is 4.08. The summed E-state index contributed by atoms with van der Waals surface area (Å²) in [6.45, 7) is 3.94. The van der Waals surface area contributed by atoms with Gasteiger partial charge in [0.05, 0.1) is 25.8 Å². The third kappa shape index (κ3) is 3.42. The van der Waals surface area contributed by atoms with E-state index in [1.807, 2.05) is 43.3 Å². The molecule has 0 saturated carbocycles. The van der Waals surface area contributed by atoms with Gasteiger partial charge in [0, 0.05) is 17.1 Å². The first-order valence-electron chi connectivity index (χ1n) is 8.04. The fraction of sp³-hybridized carbons (Fsp3) is 0.263. The number of nitrogens with two attached hydrogens (primary N) is 1. The van der Waals surface area contributed by atoms with Crippen molar-refractivity contribution in [2.45, 2.75) is 19.9 Å². The molecule has 0 fully saturated rings. The zero-order valence-electron chi connectivity index (χ0n) is 14.8. The molecule has 3 rings (SSSR count). The van der Waals surface area contributed by atoms with Crippen molar-refractivity contribution in [1.29, 1.82) is 0 Å². The molecule has 6 heteroatoms. The minimum atomic E-state index is 0.0362. The molecule has 0 saturated heterocycles. The minimum Gasteiger partial charge on any atom is -0.493 e. The molecule has 1 aromatic heterocycles. The smallest absolute Gasteiger partial charge is 0.162 e. The molecule has 0 amide bonds. The van der Waals surface area contributed by atoms with Crippen LogP contribution >= 0.6 is 0 Å². The summed E-state index contributed by atoms with van der Waals surface area (Å²) in [6, 6.07) is 11.6. The Morgan fingerprint density at radius 1 is 1.04 bits per heavy atom. The van der Waals surface area contributed by atoms with E-state index in [-0.39, 0.29) is 6.04 Å². The molecule has 3 N–H and O–H groups in total. The summed E-state index contributed by atoms with van der Waals surface area (Å²) in [5, 5.41) is 4.33. The van der Waals surface area contributed by atoms with Crippen molar-refractivity contribution in [3.63, 3.8) is 0 Å². The van der Waals surface area contributed by atoms with Gasteiger partial charge >= 0.3 is 0 Å². The number of rotatable bonds is 5. The zero-order chi connectivity index (χ0) is 18.0. The Hall–Kier alpha value is -3.02. The molecular formula is C19H22N4O2. The van der Waals surface area contributed by atoms with Crippen LogP contribution in [0.15, 0.2) is 36.4 Å². The molecule has 0 aliphatic rings. The summed E-state index contributed by atoms with van der Waals surface area (Å²) in [7, 11) is 3.22. The van der Waals surface area contributed by atoms with Gasteiger partial charge in [-0.3, -0.25) is 0 Å². The van der Waals surface area contributed by atoms with Crippen LogP contribution in [0.2, 0.25) is 0 Å². The Morgan fingerprint density at radius 3 is 2.44 bits per heavy atom. The predicted molar refractivity (Wildman–Crippen MR) is 100 cm³/mol. The minimum absolute atomic E-state index is 0.0362. The van der Waals surface area contributed by atoms with Crippen molar-refractivity contribution >= 4 is 22.4 Å². The number of hydrogen-bond donors (Lipinski definition) is 2. The summed E-state index contributed by atoms with van der Waals surface area (Å²) in [5.74, 6) is 2.71. The van der Waals surface area contributed by atoms with Gasteiger partial charge in [0.1, 0.15) is 11.6 Å². The average Bonchev–Trinajstić information content (AvgIpc) is 2.60. The average molecular weight is 338 g/mol. The van der Waals surface area contributed by atoms with E-state index in [4.69, 9.17) is 15.2 Å². The van der Waals surface area contributed by atoms with Crippen LogP contribution in [0.1, 0.15) is 24.4 Å². The first-order chi connectivity index (χ1) is 12.0. The lowest BCUT2D eigenvalue weighted by atomic mass is 10.1. The Balaban J connectivity index is 2.05. The van der Waals surface area contributed by atoms with E-state index in [0.29, 0.717) is 17.3 Å². The Morgan fingerprint density at radius 2 is 1.76 bits per heavy atom. The monoisotopic (exact) mass is 338 g/mol. The second kappa shape index (κ2) is 6.84. The number of aromatic nitrogens is 2. The van der Waals surface area contributed by atoms with Crippen LogP contribution in [0.4, 0.5) is 11.5 Å². The number of nitrogens with one attached hydrogen (secondary N) is 1. The number of ether oxygens (including phenoxy) is 2. The molecular weight excluding hydrogens is 316 g/mol. The third-order valence-electron chi connectivity index (χ3n) is 4.08. The van der Waals surface area contributed by atoms with Crippen LogP contribution in [0.3, 0.4) is 0 Å². The number of nitrogen functional groups attached to an aromatic ring is 1. The molecule has 1 atom stereocenters. The molecule has 0 bridgehead atoms. The molecule has 2 aromatic carbocycles. The maximum absolute atomic E-state index is 5.89. The number of methoxy groups -OCH3 is 2. The van der Waals surface area contributed by atoms with Gasteiger partial charge in [-0.15, -0.1) is 0 Å². The van der Waals surface area contributed by atoms with Crippen molar-refractivity contribution < 1.29 is 9.47 Å². The first kappa shape index (κ1) is 16.8. The lowest BCUT2D eigenvalue weighted by Gasteiger charge is -2.18. The van der Waals surface area contributed by atoms with Gasteiger partial charge < -0.3 is 20.5 Å². The van der Waals surface area contributed by atoms with Gasteiger partial charge in [-0.1, -0.05) is 12.1 Å². The van der Waals surface area contributed by atoms with Crippen molar-refractivity contribution in [2.75, 3.05) is 25.3 Å². The maximum Gasteiger partial charge on any atom is 0.162 e. The maximum atomic E-state index is 5.89. The van der Waals surface area contributed by atoms with Crippen molar-refractivity contribution in [1.82, 2.24) is 9.97 Å². The molecule has 1 heterocycles. The van der Waals surface area contributed by atoms with E-state index in [1.54, 1.807) is 14.2 Å². The number of hydrogen-bond acceptors (Lipinski definition) is 6. The van der Waals surface area contributed by atoms with E-state index in [9.17, 15) is 0 Å². The highest BCUT2D eigenvalue weighted by Gasteiger charge is 2.14. The lowest BCUT2D eigenvalue weighted by Crippen LogP contribution is -2.10. The Labute approximate surface area is 147 Å². The molecule has 3 aromatic rings. The van der Waals surface area contributed by atoms with E-state index in [1.165, 1.54) is 0 Å². The van der Waals surface area contributed by atoms with E-state index < -0.39 is 0 Å². The predicted octanol–water partition coefficient (Wildman–Crippen LogP) is 3.71. The van der Waals surface area contributed by atoms with Crippen LogP contribution < -0.4 is 20.5 Å². The first-order valence-corrected chi connectivity index (χ1v) is 8.04. The van der Waals surface area contributed by atoms with E-state index in [2.05, 4.69) is 22.2 Å². The number of nitrogens with zero attached hydrogens (tertiary/aromatic N) is 2. The zero-order valence-corrected chi connectivity index (χ0v) is 14.8. The lowest BCUT2D eigenvalue weighted by molar-refractivity contribution is 0.356. The van der Waals surface area contributed by atoms with Crippen LogP contribution in [0.5, 0.6) is 11.5 Å². The molecule has 25 heavy (non-hydrogen) atoms. The highest BCUT2D eigenvalue weighted by Crippen LogP contribution is 2.35. The van der Waals surface area contributed by atoms with Crippen molar-refractivity contribution in [3.05, 3.63) is 47.8 Å². The molecule has 0 aliphatic carbocycles. The van der Waals surface area contributed by atoms with Crippen LogP contribution in [0, 0.1) is 6.92 Å². The SMILES string of the molecule is COc1cc2nc(C)nc(N[C@H](C)c3cccc(N)c3)c2cc1OC. The van der Waals surface area contributed by atoms with Gasteiger partial charge in [-0.05, 0) is 37.6 Å². The molecule has 0 spiro atoms. The summed E-state index contributed by atoms with van der Waals surface area (Å²) < 4.78 is 10.8. The molecule has 130 valence electrons. The highest BCUT2D eigenvalue weighted by atomic mass is 16.5. The van der Waals surface area contributed by atoms with Gasteiger partial charge in [-0.2, -0.15) is 0 Å². The summed E-state index contributed by atoms with van der Waals surface area (Å²) in [5.41, 5.74) is 8.51.